The molecule has 13 heteroatoms. The molecule has 2 aliphatic heterocycles. The number of anilines is 5. The van der Waals surface area contributed by atoms with Crippen LogP contribution in [-0.4, -0.2) is 86.1 Å². The summed E-state index contributed by atoms with van der Waals surface area (Å²) in [5, 5.41) is 8.60. The van der Waals surface area contributed by atoms with Crippen LogP contribution in [-0.2, 0) is 23.9 Å². The monoisotopic (exact) mass is 612 g/mol. The topological polar surface area (TPSA) is 97.9 Å². The van der Waals surface area contributed by atoms with Crippen molar-refractivity contribution in [1.29, 1.82) is 0 Å². The molecule has 44 heavy (non-hydrogen) atoms. The number of hydrogen-bond acceptors (Lipinski definition) is 9. The highest BCUT2D eigenvalue weighted by molar-refractivity contribution is 5.99. The van der Waals surface area contributed by atoms with Gasteiger partial charge in [0.1, 0.15) is 17.1 Å². The summed E-state index contributed by atoms with van der Waals surface area (Å²) in [6, 6.07) is 11.6. The van der Waals surface area contributed by atoms with Crippen LogP contribution in [0.25, 0.3) is 0 Å². The number of nitrogens with zero attached hydrogens (tertiary/aromatic N) is 5. The minimum Gasteiger partial charge on any atom is -0.494 e. The standard InChI is InChI=1S/C31H39F3N8O2/c1-40(2)14-15-41(3)21-10-12-42(13-11-21)22-8-9-26(27(16-22)44-4)38-30-36-19-24(31(32,33)34)29(39-30)35-18-20-6-5-7-25-23(20)17-28(43)37-25/h5-9,16,19,21H,10-15,17-18H2,1-4H3,(H,37,43)(H2,35,36,38,39). The third-order valence-electron chi connectivity index (χ3n) is 8.21. The highest BCUT2D eigenvalue weighted by Gasteiger charge is 2.35. The van der Waals surface area contributed by atoms with Gasteiger partial charge >= 0.3 is 6.18 Å². The van der Waals surface area contributed by atoms with E-state index in [4.69, 9.17) is 4.74 Å². The van der Waals surface area contributed by atoms with Crippen molar-refractivity contribution >= 4 is 34.7 Å². The van der Waals surface area contributed by atoms with Gasteiger partial charge in [0, 0.05) is 62.4 Å². The van der Waals surface area contributed by atoms with E-state index in [1.807, 2.05) is 18.2 Å². The lowest BCUT2D eigenvalue weighted by atomic mass is 10.0. The van der Waals surface area contributed by atoms with Gasteiger partial charge in [0.25, 0.3) is 0 Å². The average molecular weight is 613 g/mol. The lowest BCUT2D eigenvalue weighted by Gasteiger charge is -2.38. The molecular weight excluding hydrogens is 573 g/mol. The summed E-state index contributed by atoms with van der Waals surface area (Å²) >= 11 is 0. The lowest BCUT2D eigenvalue weighted by Crippen LogP contribution is -2.45. The van der Waals surface area contributed by atoms with Gasteiger partial charge in [0.2, 0.25) is 11.9 Å². The number of rotatable bonds is 11. The second-order valence-corrected chi connectivity index (χ2v) is 11.5. The van der Waals surface area contributed by atoms with Gasteiger partial charge in [-0.2, -0.15) is 18.2 Å². The fraction of sp³-hybridized carbons (Fsp3) is 0.452. The Hall–Kier alpha value is -4.10. The maximum atomic E-state index is 13.9. The van der Waals surface area contributed by atoms with E-state index in [0.29, 0.717) is 28.7 Å². The SMILES string of the molecule is COc1cc(N2CCC(N(C)CCN(C)C)CC2)ccc1Nc1ncc(C(F)(F)F)c(NCc2cccc3c2CC(=O)N3)n1. The van der Waals surface area contributed by atoms with Crippen molar-refractivity contribution < 1.29 is 22.7 Å². The highest BCUT2D eigenvalue weighted by Crippen LogP contribution is 2.37. The maximum absolute atomic E-state index is 13.9. The Labute approximate surface area is 255 Å². The van der Waals surface area contributed by atoms with E-state index in [1.54, 1.807) is 25.3 Å². The van der Waals surface area contributed by atoms with E-state index in [0.717, 1.165) is 56.5 Å². The third kappa shape index (κ3) is 7.33. The molecule has 0 bridgehead atoms. The molecule has 2 aromatic carbocycles. The first-order chi connectivity index (χ1) is 21.0. The van der Waals surface area contributed by atoms with E-state index in [-0.39, 0.29) is 30.6 Å². The second kappa shape index (κ2) is 13.3. The van der Waals surface area contributed by atoms with E-state index < -0.39 is 11.7 Å². The summed E-state index contributed by atoms with van der Waals surface area (Å²) in [6.07, 6.45) is -1.61. The molecule has 1 saturated heterocycles. The number of amides is 1. The van der Waals surface area contributed by atoms with Gasteiger partial charge in [-0.1, -0.05) is 12.1 Å². The van der Waals surface area contributed by atoms with Crippen LogP contribution in [0.5, 0.6) is 5.75 Å². The second-order valence-electron chi connectivity index (χ2n) is 11.5. The van der Waals surface area contributed by atoms with Crippen LogP contribution in [0.2, 0.25) is 0 Å². The molecule has 3 N–H and O–H groups in total. The maximum Gasteiger partial charge on any atom is 0.421 e. The van der Waals surface area contributed by atoms with Gasteiger partial charge in [-0.25, -0.2) is 4.98 Å². The Morgan fingerprint density at radius 3 is 2.59 bits per heavy atom. The van der Waals surface area contributed by atoms with Gasteiger partial charge < -0.3 is 35.4 Å². The molecule has 5 rings (SSSR count). The molecule has 0 aliphatic carbocycles. The molecule has 2 aliphatic rings. The predicted molar refractivity (Wildman–Crippen MR) is 166 cm³/mol. The Bertz CT molecular complexity index is 1470. The average Bonchev–Trinajstić information content (AvgIpc) is 3.39. The number of nitrogens with one attached hydrogen (secondary N) is 3. The summed E-state index contributed by atoms with van der Waals surface area (Å²) in [6.45, 7) is 3.94. The zero-order chi connectivity index (χ0) is 31.4. The first-order valence-corrected chi connectivity index (χ1v) is 14.7. The van der Waals surface area contributed by atoms with E-state index in [1.165, 1.54) is 0 Å². The molecule has 0 radical (unpaired) electrons. The summed E-state index contributed by atoms with van der Waals surface area (Å²) < 4.78 is 47.2. The first kappa shape index (κ1) is 31.3. The minimum absolute atomic E-state index is 0.0109. The van der Waals surface area contributed by atoms with Crippen molar-refractivity contribution in [2.45, 2.75) is 38.0 Å². The molecule has 236 valence electrons. The largest absolute Gasteiger partial charge is 0.494 e. The summed E-state index contributed by atoms with van der Waals surface area (Å²) in [7, 11) is 7.90. The summed E-state index contributed by atoms with van der Waals surface area (Å²) in [4.78, 5) is 26.9. The molecular formula is C31H39F3N8O2. The number of halogens is 3. The van der Waals surface area contributed by atoms with Gasteiger partial charge in [0.15, 0.2) is 0 Å². The lowest BCUT2D eigenvalue weighted by molar-refractivity contribution is -0.137. The third-order valence-corrected chi connectivity index (χ3v) is 8.21. The van der Waals surface area contributed by atoms with Crippen LogP contribution in [0.15, 0.2) is 42.6 Å². The molecule has 0 atom stereocenters. The number of alkyl halides is 3. The zero-order valence-corrected chi connectivity index (χ0v) is 25.5. The quantitative estimate of drug-likeness (QED) is 0.282. The van der Waals surface area contributed by atoms with Crippen LogP contribution in [0.4, 0.5) is 42.0 Å². The number of likely N-dealkylation sites (N-methyl/N-ethyl adjacent to an activating group) is 2. The van der Waals surface area contributed by atoms with Crippen molar-refractivity contribution in [1.82, 2.24) is 19.8 Å². The predicted octanol–water partition coefficient (Wildman–Crippen LogP) is 4.82. The summed E-state index contributed by atoms with van der Waals surface area (Å²) in [5.74, 6) is 0.00881. The number of ether oxygens (including phenoxy) is 1. The molecule has 3 heterocycles. The van der Waals surface area contributed by atoms with Gasteiger partial charge in [-0.05, 0) is 63.3 Å². The van der Waals surface area contributed by atoms with Crippen LogP contribution in [0.1, 0.15) is 29.5 Å². The molecule has 0 spiro atoms. The number of carbonyl (C=O) groups excluding carboxylic acids is 1. The normalized spacial score (nSPS) is 15.5. The van der Waals surface area contributed by atoms with Crippen molar-refractivity contribution in [2.24, 2.45) is 0 Å². The number of aromatic nitrogens is 2. The van der Waals surface area contributed by atoms with Crippen molar-refractivity contribution in [2.75, 3.05) is 75.3 Å². The van der Waals surface area contributed by atoms with E-state index in [2.05, 4.69) is 61.8 Å². The number of fused-ring (bicyclic) bond motifs is 1. The van der Waals surface area contributed by atoms with Crippen LogP contribution < -0.4 is 25.6 Å². The van der Waals surface area contributed by atoms with Crippen LogP contribution in [0.3, 0.4) is 0 Å². The van der Waals surface area contributed by atoms with E-state index in [9.17, 15) is 18.0 Å². The number of benzene rings is 2. The molecule has 1 amide bonds. The van der Waals surface area contributed by atoms with Crippen LogP contribution in [0, 0.1) is 0 Å². The van der Waals surface area contributed by atoms with Gasteiger partial charge in [-0.15, -0.1) is 0 Å². The Kier molecular flexibility index (Phi) is 9.45. The Balaban J connectivity index is 1.28. The van der Waals surface area contributed by atoms with Crippen molar-refractivity contribution in [3.63, 3.8) is 0 Å². The zero-order valence-electron chi connectivity index (χ0n) is 25.5. The molecule has 1 fully saturated rings. The van der Waals surface area contributed by atoms with Crippen LogP contribution >= 0.6 is 0 Å². The smallest absolute Gasteiger partial charge is 0.421 e. The number of methoxy groups -OCH3 is 1. The number of piperidine rings is 1. The molecule has 3 aromatic rings. The highest BCUT2D eigenvalue weighted by atomic mass is 19.4. The molecule has 0 saturated carbocycles. The fourth-order valence-electron chi connectivity index (χ4n) is 5.65. The molecule has 0 unspecified atom stereocenters. The summed E-state index contributed by atoms with van der Waals surface area (Å²) in [5.41, 5.74) is 2.71. The number of carbonyl (C=O) groups is 1. The van der Waals surface area contributed by atoms with Gasteiger partial charge in [-0.3, -0.25) is 4.79 Å². The first-order valence-electron chi connectivity index (χ1n) is 14.7. The fourth-order valence-corrected chi connectivity index (χ4v) is 5.65. The Morgan fingerprint density at radius 2 is 1.89 bits per heavy atom. The van der Waals surface area contributed by atoms with Crippen molar-refractivity contribution in [3.8, 4) is 5.75 Å². The van der Waals surface area contributed by atoms with Crippen molar-refractivity contribution in [3.05, 3.63) is 59.3 Å². The molecule has 1 aromatic heterocycles. The minimum atomic E-state index is -4.66. The number of hydrogen-bond donors (Lipinski definition) is 3. The molecule has 10 nitrogen and oxygen atoms in total. The Morgan fingerprint density at radius 1 is 1.11 bits per heavy atom. The van der Waals surface area contributed by atoms with E-state index >= 15 is 0 Å². The van der Waals surface area contributed by atoms with Gasteiger partial charge in [0.05, 0.1) is 19.2 Å².